The smallest absolute Gasteiger partial charge is 0.253 e. The van der Waals surface area contributed by atoms with Gasteiger partial charge in [0, 0.05) is 37.0 Å². The Balaban J connectivity index is 1.75. The van der Waals surface area contributed by atoms with Gasteiger partial charge in [-0.15, -0.1) is 0 Å². The lowest BCUT2D eigenvalue weighted by molar-refractivity contribution is 0.0146. The molecule has 0 unspecified atom stereocenters. The molecule has 5 nitrogen and oxygen atoms in total. The monoisotopic (exact) mass is 359 g/mol. The molecule has 132 valence electrons. The van der Waals surface area contributed by atoms with Crippen molar-refractivity contribution in [3.63, 3.8) is 0 Å². The van der Waals surface area contributed by atoms with Gasteiger partial charge < -0.3 is 15.4 Å². The summed E-state index contributed by atoms with van der Waals surface area (Å²) in [5, 5.41) is 0.409. The van der Waals surface area contributed by atoms with Crippen LogP contribution in [0.25, 0.3) is 11.1 Å². The fourth-order valence-electron chi connectivity index (χ4n) is 3.08. The number of anilines is 1. The van der Waals surface area contributed by atoms with Crippen molar-refractivity contribution in [2.45, 2.75) is 25.9 Å². The van der Waals surface area contributed by atoms with Crippen molar-refractivity contribution in [2.24, 2.45) is 0 Å². The van der Waals surface area contributed by atoms with Crippen molar-refractivity contribution in [1.29, 1.82) is 0 Å². The van der Waals surface area contributed by atoms with E-state index in [9.17, 15) is 4.79 Å². The van der Waals surface area contributed by atoms with Gasteiger partial charge in [-0.3, -0.25) is 4.79 Å². The van der Waals surface area contributed by atoms with Crippen molar-refractivity contribution in [3.05, 3.63) is 47.1 Å². The minimum Gasteiger partial charge on any atom is -0.382 e. The maximum Gasteiger partial charge on any atom is 0.253 e. The van der Waals surface area contributed by atoms with Crippen LogP contribution >= 0.6 is 11.6 Å². The number of benzene rings is 1. The molecular weight excluding hydrogens is 338 g/mol. The molecule has 1 aliphatic heterocycles. The minimum atomic E-state index is 0.0475. The molecule has 1 amide bonds. The zero-order valence-electron chi connectivity index (χ0n) is 14.2. The Morgan fingerprint density at radius 3 is 2.76 bits per heavy atom. The van der Waals surface area contributed by atoms with Crippen molar-refractivity contribution in [1.82, 2.24) is 9.88 Å². The predicted octanol–water partition coefficient (Wildman–Crippen LogP) is 3.63. The SMILES string of the molecule is CCOC1CCN(C(=O)c2cccc(-c3cnc(N)c(Cl)c3)c2)CC1. The second-order valence-corrected chi connectivity index (χ2v) is 6.53. The average molecular weight is 360 g/mol. The number of piperidine rings is 1. The third kappa shape index (κ3) is 4.11. The number of carbonyl (C=O) groups is 1. The molecule has 1 saturated heterocycles. The van der Waals surface area contributed by atoms with Gasteiger partial charge in [0.2, 0.25) is 0 Å². The van der Waals surface area contributed by atoms with Crippen LogP contribution in [0.2, 0.25) is 5.02 Å². The standard InChI is InChI=1S/C19H22ClN3O2/c1-2-25-16-6-8-23(9-7-16)19(24)14-5-3-4-13(10-14)15-11-17(20)18(21)22-12-15/h3-5,10-12,16H,2,6-9H2,1H3,(H2,21,22). The normalized spacial score (nSPS) is 15.4. The summed E-state index contributed by atoms with van der Waals surface area (Å²) in [6, 6.07) is 9.29. The number of hydrogen-bond donors (Lipinski definition) is 1. The van der Waals surface area contributed by atoms with Gasteiger partial charge in [-0.1, -0.05) is 23.7 Å². The van der Waals surface area contributed by atoms with Gasteiger partial charge in [0.15, 0.2) is 0 Å². The zero-order valence-corrected chi connectivity index (χ0v) is 15.0. The summed E-state index contributed by atoms with van der Waals surface area (Å²) in [6.45, 7) is 4.17. The van der Waals surface area contributed by atoms with Crippen LogP contribution in [-0.4, -0.2) is 41.6 Å². The maximum atomic E-state index is 12.8. The van der Waals surface area contributed by atoms with E-state index in [1.807, 2.05) is 36.1 Å². The van der Waals surface area contributed by atoms with Gasteiger partial charge in [-0.25, -0.2) is 4.98 Å². The number of pyridine rings is 1. The molecule has 0 radical (unpaired) electrons. The first kappa shape index (κ1) is 17.7. The number of amides is 1. The molecule has 3 rings (SSSR count). The molecule has 1 aliphatic rings. The van der Waals surface area contributed by atoms with E-state index in [0.717, 1.165) is 43.7 Å². The van der Waals surface area contributed by atoms with Gasteiger partial charge in [0.05, 0.1) is 11.1 Å². The van der Waals surface area contributed by atoms with Gasteiger partial charge in [0.1, 0.15) is 5.82 Å². The van der Waals surface area contributed by atoms with E-state index in [1.165, 1.54) is 0 Å². The molecule has 0 saturated carbocycles. The molecule has 0 atom stereocenters. The van der Waals surface area contributed by atoms with Gasteiger partial charge in [-0.05, 0) is 43.5 Å². The lowest BCUT2D eigenvalue weighted by Crippen LogP contribution is -2.40. The highest BCUT2D eigenvalue weighted by atomic mass is 35.5. The highest BCUT2D eigenvalue weighted by Gasteiger charge is 2.24. The van der Waals surface area contributed by atoms with Crippen LogP contribution in [0.1, 0.15) is 30.1 Å². The number of ether oxygens (including phenoxy) is 1. The van der Waals surface area contributed by atoms with Gasteiger partial charge >= 0.3 is 0 Å². The highest BCUT2D eigenvalue weighted by Crippen LogP contribution is 2.26. The second-order valence-electron chi connectivity index (χ2n) is 6.12. The third-order valence-corrected chi connectivity index (χ3v) is 4.75. The first-order chi connectivity index (χ1) is 12.1. The van der Waals surface area contributed by atoms with Crippen molar-refractivity contribution in [3.8, 4) is 11.1 Å². The number of likely N-dealkylation sites (tertiary alicyclic amines) is 1. The molecule has 2 heterocycles. The number of halogens is 1. The Morgan fingerprint density at radius 2 is 2.08 bits per heavy atom. The molecule has 1 aromatic heterocycles. The maximum absolute atomic E-state index is 12.8. The number of nitrogens with two attached hydrogens (primary N) is 1. The number of nitrogens with zero attached hydrogens (tertiary/aromatic N) is 2. The quantitative estimate of drug-likeness (QED) is 0.905. The van der Waals surface area contributed by atoms with Gasteiger partial charge in [-0.2, -0.15) is 0 Å². The summed E-state index contributed by atoms with van der Waals surface area (Å²) in [7, 11) is 0. The molecule has 0 spiro atoms. The number of carbonyl (C=O) groups excluding carboxylic acids is 1. The van der Waals surface area contributed by atoms with Crippen molar-refractivity contribution >= 4 is 23.3 Å². The highest BCUT2D eigenvalue weighted by molar-refractivity contribution is 6.33. The Morgan fingerprint density at radius 1 is 1.32 bits per heavy atom. The Hall–Kier alpha value is -2.11. The van der Waals surface area contributed by atoms with Crippen LogP contribution in [0.3, 0.4) is 0 Å². The Bertz CT molecular complexity index is 758. The molecular formula is C19H22ClN3O2. The average Bonchev–Trinajstić information content (AvgIpc) is 2.64. The van der Waals surface area contributed by atoms with E-state index in [2.05, 4.69) is 4.98 Å². The topological polar surface area (TPSA) is 68.5 Å². The number of nitrogen functional groups attached to an aromatic ring is 1. The van der Waals surface area contributed by atoms with Gasteiger partial charge in [0.25, 0.3) is 5.91 Å². The molecule has 25 heavy (non-hydrogen) atoms. The van der Waals surface area contributed by atoms with Crippen molar-refractivity contribution in [2.75, 3.05) is 25.4 Å². The Labute approximate surface area is 152 Å². The molecule has 2 aromatic rings. The van der Waals surface area contributed by atoms with E-state index in [4.69, 9.17) is 22.1 Å². The fourth-order valence-corrected chi connectivity index (χ4v) is 3.25. The van der Waals surface area contributed by atoms with Crippen LogP contribution in [0.15, 0.2) is 36.5 Å². The van der Waals surface area contributed by atoms with Crippen LogP contribution in [0.4, 0.5) is 5.82 Å². The van der Waals surface area contributed by atoms with E-state index >= 15 is 0 Å². The summed E-state index contributed by atoms with van der Waals surface area (Å²) in [6.07, 6.45) is 3.70. The predicted molar refractivity (Wildman–Crippen MR) is 99.6 cm³/mol. The lowest BCUT2D eigenvalue weighted by atomic mass is 10.0. The summed E-state index contributed by atoms with van der Waals surface area (Å²) in [5.41, 5.74) is 8.06. The minimum absolute atomic E-state index is 0.0475. The second kappa shape index (κ2) is 7.85. The molecule has 6 heteroatoms. The van der Waals surface area contributed by atoms with Crippen LogP contribution < -0.4 is 5.73 Å². The van der Waals surface area contributed by atoms with E-state index in [1.54, 1.807) is 12.3 Å². The summed E-state index contributed by atoms with van der Waals surface area (Å²) < 4.78 is 5.65. The summed E-state index contributed by atoms with van der Waals surface area (Å²) >= 11 is 6.05. The van der Waals surface area contributed by atoms with E-state index in [-0.39, 0.29) is 12.0 Å². The summed E-state index contributed by atoms with van der Waals surface area (Å²) in [5.74, 6) is 0.348. The van der Waals surface area contributed by atoms with Crippen LogP contribution in [0, 0.1) is 0 Å². The number of aromatic nitrogens is 1. The molecule has 2 N–H and O–H groups in total. The first-order valence-corrected chi connectivity index (χ1v) is 8.88. The molecule has 0 aliphatic carbocycles. The third-order valence-electron chi connectivity index (χ3n) is 4.44. The van der Waals surface area contributed by atoms with Crippen LogP contribution in [0.5, 0.6) is 0 Å². The lowest BCUT2D eigenvalue weighted by Gasteiger charge is -2.31. The summed E-state index contributed by atoms with van der Waals surface area (Å²) in [4.78, 5) is 18.8. The number of hydrogen-bond acceptors (Lipinski definition) is 4. The molecule has 1 fully saturated rings. The number of rotatable bonds is 4. The zero-order chi connectivity index (χ0) is 17.8. The molecule has 0 bridgehead atoms. The van der Waals surface area contributed by atoms with Crippen molar-refractivity contribution < 1.29 is 9.53 Å². The first-order valence-electron chi connectivity index (χ1n) is 8.51. The fraction of sp³-hybridized carbons (Fsp3) is 0.368. The van der Waals surface area contributed by atoms with Crippen LogP contribution in [-0.2, 0) is 4.74 Å². The Kier molecular flexibility index (Phi) is 5.56. The van der Waals surface area contributed by atoms with E-state index < -0.39 is 0 Å². The van der Waals surface area contributed by atoms with E-state index in [0.29, 0.717) is 16.4 Å². The molecule has 1 aromatic carbocycles. The largest absolute Gasteiger partial charge is 0.382 e.